The fourth-order valence-electron chi connectivity index (χ4n) is 2.14. The Morgan fingerprint density at radius 1 is 1.50 bits per heavy atom. The molecule has 0 aliphatic carbocycles. The van der Waals surface area contributed by atoms with E-state index in [4.69, 9.17) is 10.3 Å². The highest BCUT2D eigenvalue weighted by Crippen LogP contribution is 2.13. The van der Waals surface area contributed by atoms with Gasteiger partial charge in [0.25, 0.3) is 0 Å². The normalized spacial score (nSPS) is 19.1. The molecule has 0 atom stereocenters. The molecule has 2 rings (SSSR count). The van der Waals surface area contributed by atoms with E-state index < -0.39 is 0 Å². The molecule has 4 nitrogen and oxygen atoms in total. The molecule has 16 heavy (non-hydrogen) atoms. The molecule has 0 bridgehead atoms. The van der Waals surface area contributed by atoms with Crippen LogP contribution in [0.5, 0.6) is 0 Å². The zero-order valence-electron chi connectivity index (χ0n) is 9.98. The van der Waals surface area contributed by atoms with Crippen molar-refractivity contribution in [1.29, 1.82) is 0 Å². The number of hydrogen-bond acceptors (Lipinski definition) is 4. The maximum Gasteiger partial charge on any atom is 0.150 e. The predicted molar refractivity (Wildman–Crippen MR) is 63.0 cm³/mol. The van der Waals surface area contributed by atoms with E-state index in [1.807, 2.05) is 0 Å². The molecule has 1 aliphatic rings. The summed E-state index contributed by atoms with van der Waals surface area (Å²) in [5.41, 5.74) is 6.95. The number of rotatable bonds is 4. The molecule has 0 saturated carbocycles. The lowest BCUT2D eigenvalue weighted by molar-refractivity contribution is 0.185. The lowest BCUT2D eigenvalue weighted by Gasteiger charge is -2.28. The van der Waals surface area contributed by atoms with Crippen LogP contribution in [0.15, 0.2) is 10.6 Å². The van der Waals surface area contributed by atoms with Crippen molar-refractivity contribution in [2.45, 2.75) is 45.2 Å². The summed E-state index contributed by atoms with van der Waals surface area (Å²) >= 11 is 0. The molecule has 0 aromatic carbocycles. The van der Waals surface area contributed by atoms with Crippen LogP contribution >= 0.6 is 0 Å². The lowest BCUT2D eigenvalue weighted by Crippen LogP contribution is -2.39. The third-order valence-electron chi connectivity index (χ3n) is 3.13. The number of aryl methyl sites for hydroxylation is 1. The summed E-state index contributed by atoms with van der Waals surface area (Å²) in [4.78, 5) is 2.39. The molecule has 1 saturated heterocycles. The van der Waals surface area contributed by atoms with Crippen molar-refractivity contribution in [3.05, 3.63) is 17.5 Å². The van der Waals surface area contributed by atoms with Crippen molar-refractivity contribution in [3.8, 4) is 0 Å². The highest BCUT2D eigenvalue weighted by Gasteiger charge is 2.17. The van der Waals surface area contributed by atoms with Gasteiger partial charge < -0.3 is 10.3 Å². The highest BCUT2D eigenvalue weighted by molar-refractivity contribution is 5.05. The third kappa shape index (κ3) is 3.06. The first-order chi connectivity index (χ1) is 7.78. The SMILES string of the molecule is CCCc1cc(CN2CCC(N)CC2)on1. The fraction of sp³-hybridized carbons (Fsp3) is 0.750. The second-order valence-electron chi connectivity index (χ2n) is 4.65. The summed E-state index contributed by atoms with van der Waals surface area (Å²) in [6.45, 7) is 5.18. The van der Waals surface area contributed by atoms with Gasteiger partial charge in [-0.25, -0.2) is 0 Å². The number of hydrogen-bond donors (Lipinski definition) is 1. The molecular formula is C12H21N3O. The average molecular weight is 223 g/mol. The minimum absolute atomic E-state index is 0.390. The number of nitrogens with two attached hydrogens (primary N) is 1. The maximum absolute atomic E-state index is 5.87. The van der Waals surface area contributed by atoms with E-state index in [9.17, 15) is 0 Å². The molecule has 0 amide bonds. The van der Waals surface area contributed by atoms with Crippen LogP contribution in [0.3, 0.4) is 0 Å². The Morgan fingerprint density at radius 3 is 2.94 bits per heavy atom. The Morgan fingerprint density at radius 2 is 2.25 bits per heavy atom. The topological polar surface area (TPSA) is 55.3 Å². The van der Waals surface area contributed by atoms with Gasteiger partial charge >= 0.3 is 0 Å². The van der Waals surface area contributed by atoms with Crippen molar-refractivity contribution in [2.75, 3.05) is 13.1 Å². The summed E-state index contributed by atoms with van der Waals surface area (Å²) in [6.07, 6.45) is 4.31. The minimum atomic E-state index is 0.390. The Kier molecular flexibility index (Phi) is 3.96. The monoisotopic (exact) mass is 223 g/mol. The second kappa shape index (κ2) is 5.46. The van der Waals surface area contributed by atoms with Crippen LogP contribution in [0.1, 0.15) is 37.6 Å². The number of aromatic nitrogens is 1. The zero-order chi connectivity index (χ0) is 11.4. The van der Waals surface area contributed by atoms with Crippen LogP contribution in [-0.2, 0) is 13.0 Å². The quantitative estimate of drug-likeness (QED) is 0.841. The van der Waals surface area contributed by atoms with E-state index in [1.54, 1.807) is 0 Å². The Balaban J connectivity index is 1.83. The first-order valence-electron chi connectivity index (χ1n) is 6.20. The Labute approximate surface area is 96.8 Å². The average Bonchev–Trinajstić information content (AvgIpc) is 2.70. The molecule has 1 fully saturated rings. The molecule has 1 aliphatic heterocycles. The third-order valence-corrected chi connectivity index (χ3v) is 3.13. The molecule has 0 spiro atoms. The minimum Gasteiger partial charge on any atom is -0.360 e. The summed E-state index contributed by atoms with van der Waals surface area (Å²) < 4.78 is 5.32. The summed E-state index contributed by atoms with van der Waals surface area (Å²) in [5, 5.41) is 4.06. The first kappa shape index (κ1) is 11.6. The van der Waals surface area contributed by atoms with Gasteiger partial charge in [0, 0.05) is 25.2 Å². The van der Waals surface area contributed by atoms with Crippen LogP contribution < -0.4 is 5.73 Å². The van der Waals surface area contributed by atoms with Crippen molar-refractivity contribution < 1.29 is 4.52 Å². The van der Waals surface area contributed by atoms with E-state index >= 15 is 0 Å². The summed E-state index contributed by atoms with van der Waals surface area (Å²) in [7, 11) is 0. The number of piperidine rings is 1. The van der Waals surface area contributed by atoms with Gasteiger partial charge in [0.15, 0.2) is 5.76 Å². The van der Waals surface area contributed by atoms with Crippen LogP contribution in [0.2, 0.25) is 0 Å². The zero-order valence-corrected chi connectivity index (χ0v) is 9.98. The molecule has 2 N–H and O–H groups in total. The van der Waals surface area contributed by atoms with E-state index in [2.05, 4.69) is 23.0 Å². The maximum atomic E-state index is 5.87. The lowest BCUT2D eigenvalue weighted by atomic mass is 10.1. The fourth-order valence-corrected chi connectivity index (χ4v) is 2.14. The van der Waals surface area contributed by atoms with E-state index in [0.717, 1.165) is 56.8 Å². The van der Waals surface area contributed by atoms with Gasteiger partial charge in [-0.15, -0.1) is 0 Å². The van der Waals surface area contributed by atoms with Crippen LogP contribution in [0.25, 0.3) is 0 Å². The molecule has 0 unspecified atom stereocenters. The van der Waals surface area contributed by atoms with Gasteiger partial charge in [0.2, 0.25) is 0 Å². The Bertz CT molecular complexity index is 316. The molecule has 1 aromatic rings. The van der Waals surface area contributed by atoms with Crippen molar-refractivity contribution >= 4 is 0 Å². The van der Waals surface area contributed by atoms with Crippen molar-refractivity contribution in [2.24, 2.45) is 5.73 Å². The molecule has 2 heterocycles. The first-order valence-corrected chi connectivity index (χ1v) is 6.20. The van der Waals surface area contributed by atoms with Gasteiger partial charge in [-0.1, -0.05) is 18.5 Å². The number of likely N-dealkylation sites (tertiary alicyclic amines) is 1. The molecule has 90 valence electrons. The molecule has 4 heteroatoms. The van der Waals surface area contributed by atoms with Gasteiger partial charge in [-0.05, 0) is 19.3 Å². The van der Waals surface area contributed by atoms with E-state index in [-0.39, 0.29) is 0 Å². The van der Waals surface area contributed by atoms with Gasteiger partial charge in [0.1, 0.15) is 0 Å². The largest absolute Gasteiger partial charge is 0.360 e. The summed E-state index contributed by atoms with van der Waals surface area (Å²) in [5.74, 6) is 0.985. The molecule has 0 radical (unpaired) electrons. The van der Waals surface area contributed by atoms with Crippen molar-refractivity contribution in [1.82, 2.24) is 10.1 Å². The Hall–Kier alpha value is -0.870. The van der Waals surface area contributed by atoms with Crippen LogP contribution in [0, 0.1) is 0 Å². The molecular weight excluding hydrogens is 202 g/mol. The standard InChI is InChI=1S/C12H21N3O/c1-2-3-11-8-12(16-14-11)9-15-6-4-10(13)5-7-15/h8,10H,2-7,9,13H2,1H3. The summed E-state index contributed by atoms with van der Waals surface area (Å²) in [6, 6.07) is 2.47. The predicted octanol–water partition coefficient (Wildman–Crippen LogP) is 1.55. The van der Waals surface area contributed by atoms with Gasteiger partial charge in [0.05, 0.1) is 12.2 Å². The smallest absolute Gasteiger partial charge is 0.150 e. The van der Waals surface area contributed by atoms with Crippen LogP contribution in [-0.4, -0.2) is 29.2 Å². The van der Waals surface area contributed by atoms with E-state index in [1.165, 1.54) is 0 Å². The highest BCUT2D eigenvalue weighted by atomic mass is 16.5. The van der Waals surface area contributed by atoms with Crippen LogP contribution in [0.4, 0.5) is 0 Å². The molecule has 1 aromatic heterocycles. The van der Waals surface area contributed by atoms with Gasteiger partial charge in [-0.3, -0.25) is 4.90 Å². The van der Waals surface area contributed by atoms with E-state index in [0.29, 0.717) is 6.04 Å². The van der Waals surface area contributed by atoms with Crippen molar-refractivity contribution in [3.63, 3.8) is 0 Å². The number of nitrogens with zero attached hydrogens (tertiary/aromatic N) is 2. The second-order valence-corrected chi connectivity index (χ2v) is 4.65. The van der Waals surface area contributed by atoms with Gasteiger partial charge in [-0.2, -0.15) is 0 Å².